The summed E-state index contributed by atoms with van der Waals surface area (Å²) in [6.45, 7) is -0.230. The van der Waals surface area contributed by atoms with Crippen LogP contribution in [0.15, 0.2) is 47.4 Å². The van der Waals surface area contributed by atoms with Crippen LogP contribution >= 0.6 is 0 Å². The highest BCUT2D eigenvalue weighted by Gasteiger charge is 2.31. The first-order valence-electron chi connectivity index (χ1n) is 8.47. The van der Waals surface area contributed by atoms with Gasteiger partial charge in [0.25, 0.3) is 5.91 Å². The first kappa shape index (κ1) is 21.4. The van der Waals surface area contributed by atoms with Gasteiger partial charge in [-0.25, -0.2) is 8.42 Å². The fourth-order valence-electron chi connectivity index (χ4n) is 2.56. The molecule has 3 rings (SSSR count). The molecule has 1 aliphatic rings. The molecule has 0 saturated heterocycles. The van der Waals surface area contributed by atoms with Crippen molar-refractivity contribution >= 4 is 33.0 Å². The number of rotatable bonds is 6. The molecule has 1 aliphatic heterocycles. The highest BCUT2D eigenvalue weighted by molar-refractivity contribution is 7.91. The zero-order valence-electron chi connectivity index (χ0n) is 15.2. The minimum Gasteiger partial charge on any atom is -0.482 e. The Balaban J connectivity index is 1.58. The van der Waals surface area contributed by atoms with Crippen molar-refractivity contribution in [3.05, 3.63) is 42.5 Å². The second kappa shape index (κ2) is 8.22. The molecule has 8 nitrogen and oxygen atoms in total. The number of hydrogen-bond donors (Lipinski definition) is 2. The van der Waals surface area contributed by atoms with Crippen molar-refractivity contribution in [3.8, 4) is 11.5 Å². The highest BCUT2D eigenvalue weighted by Crippen LogP contribution is 2.30. The predicted octanol–water partition coefficient (Wildman–Crippen LogP) is 2.72. The monoisotopic (exact) mass is 444 g/mol. The number of sulfone groups is 1. The van der Waals surface area contributed by atoms with Gasteiger partial charge in [0.15, 0.2) is 16.4 Å². The molecule has 0 aliphatic carbocycles. The van der Waals surface area contributed by atoms with Crippen LogP contribution in [0.3, 0.4) is 0 Å². The van der Waals surface area contributed by atoms with Crippen molar-refractivity contribution in [2.45, 2.75) is 17.7 Å². The van der Waals surface area contributed by atoms with Crippen molar-refractivity contribution in [2.24, 2.45) is 0 Å². The summed E-state index contributed by atoms with van der Waals surface area (Å²) in [6.07, 6.45) is -5.20. The summed E-state index contributed by atoms with van der Waals surface area (Å²) in [6, 6.07) is 8.38. The van der Waals surface area contributed by atoms with Crippen LogP contribution in [-0.4, -0.2) is 39.0 Å². The van der Waals surface area contributed by atoms with E-state index in [-0.39, 0.29) is 35.3 Å². The number of fused-ring (bicyclic) bond motifs is 1. The maximum Gasteiger partial charge on any atom is 0.573 e. The zero-order valence-corrected chi connectivity index (χ0v) is 16.0. The van der Waals surface area contributed by atoms with Crippen molar-refractivity contribution in [2.75, 3.05) is 23.0 Å². The van der Waals surface area contributed by atoms with E-state index in [1.807, 2.05) is 0 Å². The molecule has 160 valence electrons. The molecule has 30 heavy (non-hydrogen) atoms. The summed E-state index contributed by atoms with van der Waals surface area (Å²) in [5.41, 5.74) is 0.533. The average Bonchev–Trinajstić information content (AvgIpc) is 2.66. The largest absolute Gasteiger partial charge is 0.573 e. The number of carbonyl (C=O) groups is 2. The zero-order chi connectivity index (χ0) is 21.9. The van der Waals surface area contributed by atoms with Crippen LogP contribution in [-0.2, 0) is 19.4 Å². The van der Waals surface area contributed by atoms with E-state index < -0.39 is 33.6 Å². The second-order valence-electron chi connectivity index (χ2n) is 6.18. The molecule has 2 amide bonds. The van der Waals surface area contributed by atoms with Gasteiger partial charge in [-0.1, -0.05) is 0 Å². The van der Waals surface area contributed by atoms with Crippen LogP contribution in [0.1, 0.15) is 6.42 Å². The van der Waals surface area contributed by atoms with Crippen LogP contribution in [0, 0.1) is 0 Å². The fraction of sp³-hybridized carbons (Fsp3) is 0.222. The summed E-state index contributed by atoms with van der Waals surface area (Å²) < 4.78 is 70.3. The van der Waals surface area contributed by atoms with Crippen LogP contribution in [0.4, 0.5) is 24.5 Å². The molecule has 1 heterocycles. The number of benzene rings is 2. The number of carbonyl (C=O) groups excluding carboxylic acids is 2. The molecule has 0 bridgehead atoms. The molecule has 2 aromatic carbocycles. The maximum absolute atomic E-state index is 12.5. The van der Waals surface area contributed by atoms with E-state index in [4.69, 9.17) is 4.74 Å². The molecule has 0 atom stereocenters. The van der Waals surface area contributed by atoms with Crippen molar-refractivity contribution < 1.29 is 40.7 Å². The van der Waals surface area contributed by atoms with E-state index in [1.54, 1.807) is 0 Å². The Morgan fingerprint density at radius 2 is 1.87 bits per heavy atom. The van der Waals surface area contributed by atoms with Crippen LogP contribution in [0.2, 0.25) is 0 Å². The number of nitrogens with one attached hydrogen (secondary N) is 2. The molecule has 0 fully saturated rings. The van der Waals surface area contributed by atoms with Gasteiger partial charge in [-0.3, -0.25) is 9.59 Å². The quantitative estimate of drug-likeness (QED) is 0.709. The van der Waals surface area contributed by atoms with Gasteiger partial charge in [0.1, 0.15) is 11.5 Å². The van der Waals surface area contributed by atoms with Crippen LogP contribution < -0.4 is 20.1 Å². The van der Waals surface area contributed by atoms with Gasteiger partial charge in [-0.2, -0.15) is 0 Å². The number of hydrogen-bond acceptors (Lipinski definition) is 6. The minimum atomic E-state index is -4.83. The first-order chi connectivity index (χ1) is 14.0. The fourth-order valence-corrected chi connectivity index (χ4v) is 3.81. The van der Waals surface area contributed by atoms with E-state index in [0.29, 0.717) is 5.69 Å². The SMILES string of the molecule is O=C(CCS(=O)(=O)c1ccc2c(c1)OCC(=O)N2)Nc1ccc(OC(F)(F)F)cc1. The van der Waals surface area contributed by atoms with Gasteiger partial charge in [-0.05, 0) is 36.4 Å². The van der Waals surface area contributed by atoms with Gasteiger partial charge in [0.2, 0.25) is 5.91 Å². The molecule has 0 aromatic heterocycles. The van der Waals surface area contributed by atoms with Crippen molar-refractivity contribution in [1.29, 1.82) is 0 Å². The smallest absolute Gasteiger partial charge is 0.482 e. The molecule has 2 N–H and O–H groups in total. The third-order valence-corrected chi connectivity index (χ3v) is 5.63. The third-order valence-electron chi connectivity index (χ3n) is 3.91. The van der Waals surface area contributed by atoms with Crippen LogP contribution in [0.25, 0.3) is 0 Å². The van der Waals surface area contributed by atoms with Crippen molar-refractivity contribution in [3.63, 3.8) is 0 Å². The molecule has 0 radical (unpaired) electrons. The molecule has 2 aromatic rings. The molecular weight excluding hydrogens is 429 g/mol. The molecule has 0 unspecified atom stereocenters. The standard InChI is InChI=1S/C18H15F3N2O6S/c19-18(20,21)29-12-3-1-11(2-4-12)22-16(24)7-8-30(26,27)13-5-6-14-15(9-13)28-10-17(25)23-14/h1-6,9H,7-8,10H2,(H,22,24)(H,23,25). The lowest BCUT2D eigenvalue weighted by molar-refractivity contribution is -0.274. The Morgan fingerprint density at radius 3 is 2.53 bits per heavy atom. The maximum atomic E-state index is 12.5. The number of ether oxygens (including phenoxy) is 2. The molecule has 0 spiro atoms. The predicted molar refractivity (Wildman–Crippen MR) is 99.0 cm³/mol. The van der Waals surface area contributed by atoms with E-state index >= 15 is 0 Å². The summed E-state index contributed by atoms with van der Waals surface area (Å²) in [5.74, 6) is -1.73. The van der Waals surface area contributed by atoms with E-state index in [1.165, 1.54) is 30.3 Å². The Labute approximate surface area is 168 Å². The minimum absolute atomic E-state index is 0.0705. The third kappa shape index (κ3) is 5.63. The summed E-state index contributed by atoms with van der Waals surface area (Å²) in [5, 5.41) is 4.94. The second-order valence-corrected chi connectivity index (χ2v) is 8.29. The molecular formula is C18H15F3N2O6S. The van der Waals surface area contributed by atoms with Crippen molar-refractivity contribution in [1.82, 2.24) is 0 Å². The van der Waals surface area contributed by atoms with E-state index in [0.717, 1.165) is 12.1 Å². The van der Waals surface area contributed by atoms with Gasteiger partial charge in [-0.15, -0.1) is 13.2 Å². The number of alkyl halides is 3. The topological polar surface area (TPSA) is 111 Å². The summed E-state index contributed by atoms with van der Waals surface area (Å²) in [7, 11) is -3.82. The summed E-state index contributed by atoms with van der Waals surface area (Å²) in [4.78, 5) is 23.2. The number of halogens is 3. The normalized spacial score (nSPS) is 13.6. The van der Waals surface area contributed by atoms with E-state index in [9.17, 15) is 31.2 Å². The average molecular weight is 444 g/mol. The Bertz CT molecular complexity index is 1070. The van der Waals surface area contributed by atoms with Gasteiger partial charge in [0, 0.05) is 18.2 Å². The Morgan fingerprint density at radius 1 is 1.17 bits per heavy atom. The highest BCUT2D eigenvalue weighted by atomic mass is 32.2. The van der Waals surface area contributed by atoms with Gasteiger partial charge in [0.05, 0.1) is 16.3 Å². The Hall–Kier alpha value is -3.28. The molecule has 0 saturated carbocycles. The lowest BCUT2D eigenvalue weighted by Crippen LogP contribution is -2.25. The lowest BCUT2D eigenvalue weighted by atomic mass is 10.2. The van der Waals surface area contributed by atoms with Gasteiger partial charge >= 0.3 is 6.36 Å². The van der Waals surface area contributed by atoms with Crippen LogP contribution in [0.5, 0.6) is 11.5 Å². The first-order valence-corrected chi connectivity index (χ1v) is 10.1. The lowest BCUT2D eigenvalue weighted by Gasteiger charge is -2.18. The Kier molecular flexibility index (Phi) is 5.87. The van der Waals surface area contributed by atoms with Gasteiger partial charge < -0.3 is 20.1 Å². The number of amides is 2. The number of anilines is 2. The summed E-state index contributed by atoms with van der Waals surface area (Å²) >= 11 is 0. The molecule has 12 heteroatoms. The van der Waals surface area contributed by atoms with E-state index in [2.05, 4.69) is 15.4 Å².